The number of ether oxygens (including phenoxy) is 2. The molecule has 0 aliphatic carbocycles. The third kappa shape index (κ3) is 4.99. The van der Waals surface area contributed by atoms with E-state index < -0.39 is 11.9 Å². The lowest BCUT2D eigenvalue weighted by Crippen LogP contribution is -2.30. The van der Waals surface area contributed by atoms with Crippen LogP contribution in [0.3, 0.4) is 0 Å². The number of nitrogens with zero attached hydrogens (tertiary/aromatic N) is 1. The van der Waals surface area contributed by atoms with Gasteiger partial charge >= 0.3 is 6.03 Å². The summed E-state index contributed by atoms with van der Waals surface area (Å²) in [6, 6.07) is 18.2. The van der Waals surface area contributed by atoms with E-state index >= 15 is 0 Å². The van der Waals surface area contributed by atoms with E-state index in [0.29, 0.717) is 16.9 Å². The van der Waals surface area contributed by atoms with Crippen molar-refractivity contribution in [2.45, 2.75) is 13.2 Å². The van der Waals surface area contributed by atoms with Gasteiger partial charge in [0.2, 0.25) is 0 Å². The lowest BCUT2D eigenvalue weighted by molar-refractivity contribution is -0.123. The number of imide groups is 1. The second-order valence-corrected chi connectivity index (χ2v) is 7.69. The topological polar surface area (TPSA) is 67.9 Å². The molecule has 0 radical (unpaired) electrons. The molecule has 0 bridgehead atoms. The van der Waals surface area contributed by atoms with Crippen LogP contribution in [0, 0.1) is 5.82 Å². The number of amides is 3. The smallest absolute Gasteiger partial charge is 0.329 e. The van der Waals surface area contributed by atoms with E-state index in [-0.39, 0.29) is 35.4 Å². The Bertz CT molecular complexity index is 1230. The van der Waals surface area contributed by atoms with Crippen molar-refractivity contribution in [1.82, 2.24) is 10.2 Å². The Hall–Kier alpha value is -3.84. The minimum absolute atomic E-state index is 0.0355. The largest absolute Gasteiger partial charge is 0.493 e. The van der Waals surface area contributed by atoms with Crippen molar-refractivity contribution in [2.75, 3.05) is 7.11 Å². The molecule has 4 rings (SSSR count). The number of carbonyl (C=O) groups is 2. The number of rotatable bonds is 7. The predicted octanol–water partition coefficient (Wildman–Crippen LogP) is 5.16. The van der Waals surface area contributed by atoms with Gasteiger partial charge in [0.15, 0.2) is 11.5 Å². The van der Waals surface area contributed by atoms with Crippen molar-refractivity contribution in [3.05, 3.63) is 100.0 Å². The van der Waals surface area contributed by atoms with Crippen LogP contribution in [0.25, 0.3) is 6.08 Å². The summed E-state index contributed by atoms with van der Waals surface area (Å²) in [5, 5.41) is 2.81. The van der Waals surface area contributed by atoms with Gasteiger partial charge in [-0.2, -0.15) is 0 Å². The molecule has 3 aromatic rings. The van der Waals surface area contributed by atoms with Gasteiger partial charge in [0.05, 0.1) is 18.7 Å². The molecule has 3 amide bonds. The normalized spacial score (nSPS) is 14.5. The number of nitrogens with one attached hydrogen (secondary N) is 1. The maximum Gasteiger partial charge on any atom is 0.329 e. The summed E-state index contributed by atoms with van der Waals surface area (Å²) in [5.41, 5.74) is 1.86. The van der Waals surface area contributed by atoms with Crippen molar-refractivity contribution in [2.24, 2.45) is 0 Å². The van der Waals surface area contributed by atoms with Gasteiger partial charge < -0.3 is 14.8 Å². The van der Waals surface area contributed by atoms with E-state index in [1.165, 1.54) is 19.3 Å². The second-order valence-electron chi connectivity index (χ2n) is 7.28. The molecule has 1 heterocycles. The van der Waals surface area contributed by atoms with Gasteiger partial charge in [-0.25, -0.2) is 9.18 Å². The Balaban J connectivity index is 1.54. The molecule has 0 saturated carbocycles. The van der Waals surface area contributed by atoms with Crippen molar-refractivity contribution in [3.8, 4) is 11.5 Å². The van der Waals surface area contributed by atoms with E-state index in [4.69, 9.17) is 21.1 Å². The Morgan fingerprint density at radius 3 is 2.52 bits per heavy atom. The van der Waals surface area contributed by atoms with Crippen LogP contribution in [-0.4, -0.2) is 23.9 Å². The minimum Gasteiger partial charge on any atom is -0.493 e. The summed E-state index contributed by atoms with van der Waals surface area (Å²) in [4.78, 5) is 26.2. The van der Waals surface area contributed by atoms with Crippen LogP contribution in [0.1, 0.15) is 16.7 Å². The van der Waals surface area contributed by atoms with E-state index in [1.54, 1.807) is 30.3 Å². The molecule has 33 heavy (non-hydrogen) atoms. The average molecular weight is 467 g/mol. The molecule has 0 aromatic heterocycles. The number of hydrogen-bond acceptors (Lipinski definition) is 4. The van der Waals surface area contributed by atoms with Crippen LogP contribution in [0.2, 0.25) is 5.02 Å². The molecule has 0 spiro atoms. The first-order valence-electron chi connectivity index (χ1n) is 10.1. The first kappa shape index (κ1) is 22.4. The number of benzene rings is 3. The highest BCUT2D eigenvalue weighted by molar-refractivity contribution is 6.32. The van der Waals surface area contributed by atoms with Crippen LogP contribution in [0.5, 0.6) is 11.5 Å². The molecule has 1 fully saturated rings. The summed E-state index contributed by atoms with van der Waals surface area (Å²) in [7, 11) is 1.45. The van der Waals surface area contributed by atoms with Gasteiger partial charge in [0.1, 0.15) is 18.1 Å². The highest BCUT2D eigenvalue weighted by atomic mass is 35.5. The highest BCUT2D eigenvalue weighted by Gasteiger charge is 2.33. The zero-order valence-electron chi connectivity index (χ0n) is 17.7. The third-order valence-electron chi connectivity index (χ3n) is 5.04. The molecule has 1 N–H and O–H groups in total. The SMILES string of the molecule is COc1cc(/C=C2/NC(=O)N(Cc3ccccc3)C2=O)cc(Cl)c1OCc1ccccc1F. The zero-order chi connectivity index (χ0) is 23.4. The summed E-state index contributed by atoms with van der Waals surface area (Å²) >= 11 is 6.40. The molecule has 0 atom stereocenters. The summed E-state index contributed by atoms with van der Waals surface area (Å²) in [5.74, 6) is -0.274. The van der Waals surface area contributed by atoms with Gasteiger partial charge in [-0.05, 0) is 35.4 Å². The fourth-order valence-electron chi connectivity index (χ4n) is 3.38. The fourth-order valence-corrected chi connectivity index (χ4v) is 3.65. The number of carbonyl (C=O) groups excluding carboxylic acids is 2. The first-order chi connectivity index (χ1) is 16.0. The van der Waals surface area contributed by atoms with Gasteiger partial charge in [-0.1, -0.05) is 60.1 Å². The van der Waals surface area contributed by atoms with E-state index in [2.05, 4.69) is 5.32 Å². The molecule has 168 valence electrons. The van der Waals surface area contributed by atoms with Crippen molar-refractivity contribution >= 4 is 29.6 Å². The highest BCUT2D eigenvalue weighted by Crippen LogP contribution is 2.37. The van der Waals surface area contributed by atoms with Crippen molar-refractivity contribution in [1.29, 1.82) is 0 Å². The maximum absolute atomic E-state index is 13.9. The molecule has 1 saturated heterocycles. The standard InChI is InChI=1S/C25H20ClFN2O4/c1-32-22-13-17(11-19(26)23(22)33-15-18-9-5-6-10-20(18)27)12-21-24(30)29(25(31)28-21)14-16-7-3-2-4-8-16/h2-13H,14-15H2,1H3,(H,28,31)/b21-12+. The lowest BCUT2D eigenvalue weighted by atomic mass is 10.1. The Labute approximate surface area is 195 Å². The number of hydrogen-bond donors (Lipinski definition) is 1. The lowest BCUT2D eigenvalue weighted by Gasteiger charge is -2.14. The molecule has 0 unspecified atom stereocenters. The molecule has 1 aliphatic rings. The predicted molar refractivity (Wildman–Crippen MR) is 122 cm³/mol. The second kappa shape index (κ2) is 9.75. The fraction of sp³-hybridized carbons (Fsp3) is 0.120. The molecule has 6 nitrogen and oxygen atoms in total. The van der Waals surface area contributed by atoms with Gasteiger partial charge in [0.25, 0.3) is 5.91 Å². The summed E-state index contributed by atoms with van der Waals surface area (Å²) < 4.78 is 25.0. The number of urea groups is 1. The first-order valence-corrected chi connectivity index (χ1v) is 10.5. The average Bonchev–Trinajstić information content (AvgIpc) is 3.07. The van der Waals surface area contributed by atoms with Crippen molar-refractivity contribution < 1.29 is 23.5 Å². The van der Waals surface area contributed by atoms with Gasteiger partial charge in [-0.3, -0.25) is 9.69 Å². The Morgan fingerprint density at radius 1 is 1.06 bits per heavy atom. The number of methoxy groups -OCH3 is 1. The molecule has 8 heteroatoms. The Kier molecular flexibility index (Phi) is 6.60. The van der Waals surface area contributed by atoms with E-state index in [1.807, 2.05) is 30.3 Å². The van der Waals surface area contributed by atoms with Gasteiger partial charge in [-0.15, -0.1) is 0 Å². The maximum atomic E-state index is 13.9. The van der Waals surface area contributed by atoms with Crippen LogP contribution in [0.4, 0.5) is 9.18 Å². The quantitative estimate of drug-likeness (QED) is 0.386. The molecular weight excluding hydrogens is 447 g/mol. The van der Waals surface area contributed by atoms with Crippen LogP contribution >= 0.6 is 11.6 Å². The number of halogens is 2. The van der Waals surface area contributed by atoms with Crippen LogP contribution in [0.15, 0.2) is 72.4 Å². The monoisotopic (exact) mass is 466 g/mol. The third-order valence-corrected chi connectivity index (χ3v) is 5.32. The summed E-state index contributed by atoms with van der Waals surface area (Å²) in [6.45, 7) is 0.127. The Morgan fingerprint density at radius 2 is 1.79 bits per heavy atom. The van der Waals surface area contributed by atoms with Gasteiger partial charge in [0, 0.05) is 5.56 Å². The minimum atomic E-state index is -0.502. The molecule has 3 aromatic carbocycles. The molecular formula is C25H20ClFN2O4. The van der Waals surface area contributed by atoms with E-state index in [0.717, 1.165) is 10.5 Å². The van der Waals surface area contributed by atoms with E-state index in [9.17, 15) is 14.0 Å². The zero-order valence-corrected chi connectivity index (χ0v) is 18.4. The summed E-state index contributed by atoms with van der Waals surface area (Å²) in [6.07, 6.45) is 1.51. The van der Waals surface area contributed by atoms with Crippen molar-refractivity contribution in [3.63, 3.8) is 0 Å². The van der Waals surface area contributed by atoms with Crippen LogP contribution < -0.4 is 14.8 Å². The van der Waals surface area contributed by atoms with Crippen LogP contribution in [-0.2, 0) is 17.9 Å². The molecule has 1 aliphatic heterocycles.